The van der Waals surface area contributed by atoms with Crippen LogP contribution in [-0.4, -0.2) is 31.9 Å². The number of methoxy groups -OCH3 is 3. The summed E-state index contributed by atoms with van der Waals surface area (Å²) >= 11 is 6.45. The van der Waals surface area contributed by atoms with Gasteiger partial charge in [-0.15, -0.1) is 0 Å². The Hall–Kier alpha value is -3.47. The van der Waals surface area contributed by atoms with Crippen molar-refractivity contribution in [3.63, 3.8) is 0 Å². The van der Waals surface area contributed by atoms with E-state index in [2.05, 4.69) is 6.07 Å². The summed E-state index contributed by atoms with van der Waals surface area (Å²) in [7, 11) is 4.48. The van der Waals surface area contributed by atoms with Gasteiger partial charge in [0.1, 0.15) is 12.2 Å². The van der Waals surface area contributed by atoms with Gasteiger partial charge in [-0.25, -0.2) is 0 Å². The van der Waals surface area contributed by atoms with Crippen molar-refractivity contribution >= 4 is 17.6 Å². The van der Waals surface area contributed by atoms with E-state index in [4.69, 9.17) is 30.5 Å². The second kappa shape index (κ2) is 9.57. The van der Waals surface area contributed by atoms with E-state index in [9.17, 15) is 10.1 Å². The summed E-state index contributed by atoms with van der Waals surface area (Å²) in [6.07, 6.45) is 1.31. The summed E-state index contributed by atoms with van der Waals surface area (Å²) in [5.74, 6) is 0.712. The lowest BCUT2D eigenvalue weighted by Gasteiger charge is -2.26. The molecule has 1 aromatic heterocycles. The number of halogens is 1. The van der Waals surface area contributed by atoms with Gasteiger partial charge in [-0.05, 0) is 36.8 Å². The highest BCUT2D eigenvalue weighted by atomic mass is 35.5. The van der Waals surface area contributed by atoms with Crippen molar-refractivity contribution in [2.75, 3.05) is 21.3 Å². The van der Waals surface area contributed by atoms with Crippen LogP contribution in [-0.2, 0) is 14.3 Å². The first-order chi connectivity index (χ1) is 16.0. The maximum absolute atomic E-state index is 11.9. The molecule has 0 fully saturated rings. The summed E-state index contributed by atoms with van der Waals surface area (Å²) < 4.78 is 24.7. The van der Waals surface area contributed by atoms with Gasteiger partial charge < -0.3 is 23.5 Å². The molecule has 0 unspecified atom stereocenters. The summed E-state index contributed by atoms with van der Waals surface area (Å²) in [5, 5.41) is 10.3. The Morgan fingerprint density at radius 2 is 1.97 bits per heavy atom. The molecular formula is C25H23ClN2O5. The average Bonchev–Trinajstić information content (AvgIpc) is 3.28. The molecule has 3 aromatic rings. The molecule has 0 saturated carbocycles. The van der Waals surface area contributed by atoms with Gasteiger partial charge in [0.2, 0.25) is 0 Å². The number of carbonyl (C=O) groups excluding carboxylic acids is 1. The van der Waals surface area contributed by atoms with E-state index in [1.54, 1.807) is 26.4 Å². The third-order valence-electron chi connectivity index (χ3n) is 5.77. The van der Waals surface area contributed by atoms with Crippen molar-refractivity contribution in [1.82, 2.24) is 4.57 Å². The fraction of sp³-hybridized carbons (Fsp3) is 0.280. The molecular weight excluding hydrogens is 444 g/mol. The maximum Gasteiger partial charge on any atom is 0.305 e. The number of hydrogen-bond donors (Lipinski definition) is 0. The fourth-order valence-electron chi connectivity index (χ4n) is 4.26. The zero-order valence-electron chi connectivity index (χ0n) is 18.5. The van der Waals surface area contributed by atoms with Gasteiger partial charge in [0, 0.05) is 23.7 Å². The second-order valence-electron chi connectivity index (χ2n) is 7.47. The lowest BCUT2D eigenvalue weighted by molar-refractivity contribution is -0.141. The molecule has 2 aromatic carbocycles. The zero-order valence-corrected chi connectivity index (χ0v) is 19.3. The molecule has 0 aliphatic carbocycles. The van der Waals surface area contributed by atoms with E-state index in [-0.39, 0.29) is 12.4 Å². The largest absolute Gasteiger partial charge is 0.493 e. The van der Waals surface area contributed by atoms with Crippen molar-refractivity contribution in [3.05, 3.63) is 76.1 Å². The van der Waals surface area contributed by atoms with Crippen LogP contribution < -0.4 is 9.47 Å². The van der Waals surface area contributed by atoms with Crippen molar-refractivity contribution in [1.29, 1.82) is 5.26 Å². The number of hydrogen-bond acceptors (Lipinski definition) is 6. The Balaban J connectivity index is 1.97. The predicted molar refractivity (Wildman–Crippen MR) is 122 cm³/mol. The highest BCUT2D eigenvalue weighted by Crippen LogP contribution is 2.47. The third-order valence-corrected chi connectivity index (χ3v) is 6.08. The number of ether oxygens (including phenoxy) is 4. The highest BCUT2D eigenvalue weighted by molar-refractivity contribution is 6.32. The minimum atomic E-state index is -0.707. The topological polar surface area (TPSA) is 82.7 Å². The standard InChI is InChI=1S/C25H23ClN2O5/c1-30-21-8-4-6-15(24(21)32-3)25-23-16(14-27)17(26)9-10-19(23)28-13-5-7-18(28)20(33-25)11-12-22(29)31-2/h4-10,13,20,25H,11-12H2,1-3H3/t20-,25-/m1/s1. The molecule has 0 N–H and O–H groups in total. The molecule has 2 atom stereocenters. The fourth-order valence-corrected chi connectivity index (χ4v) is 4.47. The summed E-state index contributed by atoms with van der Waals surface area (Å²) in [4.78, 5) is 11.9. The van der Waals surface area contributed by atoms with Crippen LogP contribution in [0, 0.1) is 11.3 Å². The highest BCUT2D eigenvalue weighted by Gasteiger charge is 2.35. The smallest absolute Gasteiger partial charge is 0.305 e. The molecule has 33 heavy (non-hydrogen) atoms. The first-order valence-corrected chi connectivity index (χ1v) is 10.7. The van der Waals surface area contributed by atoms with Crippen molar-refractivity contribution in [3.8, 4) is 23.3 Å². The van der Waals surface area contributed by atoms with Gasteiger partial charge in [-0.3, -0.25) is 4.79 Å². The maximum atomic E-state index is 11.9. The number of aromatic nitrogens is 1. The molecule has 0 saturated heterocycles. The normalized spacial score (nSPS) is 16.7. The molecule has 0 bridgehead atoms. The van der Waals surface area contributed by atoms with E-state index in [0.717, 1.165) is 11.4 Å². The lowest BCUT2D eigenvalue weighted by atomic mass is 9.94. The summed E-state index contributed by atoms with van der Waals surface area (Å²) in [5.41, 5.74) is 3.25. The number of para-hydroxylation sites is 1. The van der Waals surface area contributed by atoms with Crippen LogP contribution in [0.25, 0.3) is 5.69 Å². The van der Waals surface area contributed by atoms with Gasteiger partial charge >= 0.3 is 5.97 Å². The molecule has 1 aliphatic heterocycles. The first kappa shape index (κ1) is 22.7. The van der Waals surface area contributed by atoms with E-state index in [1.807, 2.05) is 41.1 Å². The second-order valence-corrected chi connectivity index (χ2v) is 7.88. The van der Waals surface area contributed by atoms with Crippen LogP contribution in [0.1, 0.15) is 47.4 Å². The van der Waals surface area contributed by atoms with Crippen LogP contribution in [0.5, 0.6) is 11.5 Å². The Morgan fingerprint density at radius 3 is 2.67 bits per heavy atom. The molecule has 2 heterocycles. The van der Waals surface area contributed by atoms with Gasteiger partial charge in [-0.1, -0.05) is 23.7 Å². The predicted octanol–water partition coefficient (Wildman–Crippen LogP) is 5.13. The van der Waals surface area contributed by atoms with Crippen LogP contribution in [0.4, 0.5) is 0 Å². The number of carbonyl (C=O) groups is 1. The quantitative estimate of drug-likeness (QED) is 0.468. The lowest BCUT2D eigenvalue weighted by Crippen LogP contribution is -2.14. The van der Waals surface area contributed by atoms with E-state index in [1.165, 1.54) is 7.11 Å². The Labute approximate surface area is 197 Å². The first-order valence-electron chi connectivity index (χ1n) is 10.4. The minimum absolute atomic E-state index is 0.177. The minimum Gasteiger partial charge on any atom is -0.493 e. The number of fused-ring (bicyclic) bond motifs is 3. The Morgan fingerprint density at radius 1 is 1.15 bits per heavy atom. The Kier molecular flexibility index (Phi) is 6.59. The molecule has 7 nitrogen and oxygen atoms in total. The third kappa shape index (κ3) is 4.04. The molecule has 4 rings (SSSR count). The summed E-state index contributed by atoms with van der Waals surface area (Å²) in [6.45, 7) is 0. The molecule has 8 heteroatoms. The van der Waals surface area contributed by atoms with Gasteiger partial charge in [-0.2, -0.15) is 5.26 Å². The van der Waals surface area contributed by atoms with E-state index >= 15 is 0 Å². The molecule has 0 spiro atoms. The summed E-state index contributed by atoms with van der Waals surface area (Å²) in [6, 6.07) is 15.2. The number of nitriles is 1. The number of rotatable bonds is 6. The van der Waals surface area contributed by atoms with Crippen LogP contribution in [0.15, 0.2) is 48.7 Å². The van der Waals surface area contributed by atoms with Gasteiger partial charge in [0.15, 0.2) is 11.5 Å². The van der Waals surface area contributed by atoms with Crippen molar-refractivity contribution in [2.45, 2.75) is 25.0 Å². The van der Waals surface area contributed by atoms with E-state index < -0.39 is 12.2 Å². The molecule has 0 radical (unpaired) electrons. The van der Waals surface area contributed by atoms with Gasteiger partial charge in [0.25, 0.3) is 0 Å². The van der Waals surface area contributed by atoms with Crippen molar-refractivity contribution in [2.24, 2.45) is 0 Å². The molecule has 1 aliphatic rings. The van der Waals surface area contributed by atoms with Crippen molar-refractivity contribution < 1.29 is 23.7 Å². The van der Waals surface area contributed by atoms with E-state index in [0.29, 0.717) is 39.6 Å². The number of benzene rings is 2. The van der Waals surface area contributed by atoms with Crippen LogP contribution in [0.3, 0.4) is 0 Å². The number of nitrogens with zero attached hydrogens (tertiary/aromatic N) is 2. The van der Waals surface area contributed by atoms with Gasteiger partial charge in [0.05, 0.1) is 49.4 Å². The van der Waals surface area contributed by atoms with Crippen LogP contribution >= 0.6 is 11.6 Å². The SMILES string of the molecule is COC(=O)CC[C@H]1O[C@H](c2cccc(OC)c2OC)c2c(ccc(Cl)c2C#N)-n2cccc21. The zero-order chi connectivity index (χ0) is 23.5. The Bertz CT molecular complexity index is 1230. The average molecular weight is 467 g/mol. The monoisotopic (exact) mass is 466 g/mol. The number of esters is 1. The molecule has 170 valence electrons. The molecule has 0 amide bonds. The van der Waals surface area contributed by atoms with Crippen LogP contribution in [0.2, 0.25) is 5.02 Å².